The highest BCUT2D eigenvalue weighted by Crippen LogP contribution is 2.06. The minimum atomic E-state index is -0.383. The van der Waals surface area contributed by atoms with Gasteiger partial charge < -0.3 is 19.5 Å². The first kappa shape index (κ1) is 11.0. The van der Waals surface area contributed by atoms with Crippen molar-refractivity contribution in [2.45, 2.75) is 6.10 Å². The number of hydrogen-bond donors (Lipinski definition) is 1. The number of hydrogen-bond acceptors (Lipinski definition) is 4. The van der Waals surface area contributed by atoms with Crippen LogP contribution in [0.25, 0.3) is 0 Å². The van der Waals surface area contributed by atoms with Crippen molar-refractivity contribution in [2.75, 3.05) is 32.9 Å². The van der Waals surface area contributed by atoms with E-state index in [-0.39, 0.29) is 25.4 Å². The number of nitrogens with zero attached hydrogens (tertiary/aromatic N) is 1. The summed E-state index contributed by atoms with van der Waals surface area (Å²) in [5.41, 5.74) is 0. The van der Waals surface area contributed by atoms with Crippen molar-refractivity contribution in [1.82, 2.24) is 4.90 Å². The topological polar surface area (TPSA) is 59.0 Å². The van der Waals surface area contributed by atoms with Crippen molar-refractivity contribution in [3.05, 3.63) is 12.7 Å². The van der Waals surface area contributed by atoms with Gasteiger partial charge in [-0.05, 0) is 0 Å². The lowest BCUT2D eigenvalue weighted by atomic mass is 10.3. The number of aliphatic hydroxyl groups is 1. The molecule has 1 aliphatic rings. The Morgan fingerprint density at radius 1 is 1.79 bits per heavy atom. The monoisotopic (exact) mass is 201 g/mol. The smallest absolute Gasteiger partial charge is 0.410 e. The van der Waals surface area contributed by atoms with Crippen molar-refractivity contribution >= 4 is 6.09 Å². The Balaban J connectivity index is 2.35. The zero-order chi connectivity index (χ0) is 10.4. The van der Waals surface area contributed by atoms with E-state index < -0.39 is 0 Å². The van der Waals surface area contributed by atoms with Gasteiger partial charge >= 0.3 is 6.09 Å². The highest BCUT2D eigenvalue weighted by Gasteiger charge is 2.24. The predicted octanol–water partition coefficient (Wildman–Crippen LogP) is 0.00210. The number of ether oxygens (including phenoxy) is 2. The third-order valence-corrected chi connectivity index (χ3v) is 1.93. The molecule has 0 saturated carbocycles. The van der Waals surface area contributed by atoms with Gasteiger partial charge in [-0.3, -0.25) is 0 Å². The maximum absolute atomic E-state index is 11.3. The maximum atomic E-state index is 11.3. The molecule has 1 N–H and O–H groups in total. The van der Waals surface area contributed by atoms with Gasteiger partial charge in [0.1, 0.15) is 6.61 Å². The first-order valence-corrected chi connectivity index (χ1v) is 4.53. The second-order valence-corrected chi connectivity index (χ2v) is 2.99. The summed E-state index contributed by atoms with van der Waals surface area (Å²) >= 11 is 0. The molecule has 0 aromatic rings. The zero-order valence-corrected chi connectivity index (χ0v) is 8.02. The van der Waals surface area contributed by atoms with Crippen molar-refractivity contribution < 1.29 is 19.4 Å². The lowest BCUT2D eigenvalue weighted by Crippen LogP contribution is -2.47. The average molecular weight is 201 g/mol. The quantitative estimate of drug-likeness (QED) is 0.653. The molecule has 0 aromatic heterocycles. The fourth-order valence-corrected chi connectivity index (χ4v) is 1.22. The average Bonchev–Trinajstić information content (AvgIpc) is 2.26. The Hall–Kier alpha value is -1.07. The number of carbonyl (C=O) groups excluding carboxylic acids is 1. The molecule has 1 fully saturated rings. The Labute approximate surface area is 82.9 Å². The third kappa shape index (κ3) is 3.01. The molecule has 0 spiro atoms. The fourth-order valence-electron chi connectivity index (χ4n) is 1.22. The van der Waals surface area contributed by atoms with Crippen molar-refractivity contribution in [2.24, 2.45) is 0 Å². The first-order chi connectivity index (χ1) is 6.77. The molecule has 1 saturated heterocycles. The van der Waals surface area contributed by atoms with Gasteiger partial charge in [-0.15, -0.1) is 0 Å². The van der Waals surface area contributed by atoms with Gasteiger partial charge in [0.25, 0.3) is 0 Å². The van der Waals surface area contributed by atoms with Gasteiger partial charge in [-0.2, -0.15) is 0 Å². The second kappa shape index (κ2) is 5.62. The molecule has 0 aromatic carbocycles. The molecule has 1 atom stereocenters. The predicted molar refractivity (Wildman–Crippen MR) is 49.9 cm³/mol. The Kier molecular flexibility index (Phi) is 4.42. The minimum Gasteiger partial charge on any atom is -0.445 e. The SMILES string of the molecule is C=CCOC(=O)N1CCOC(CO)C1. The van der Waals surface area contributed by atoms with Crippen LogP contribution in [-0.4, -0.2) is 55.1 Å². The molecule has 14 heavy (non-hydrogen) atoms. The highest BCUT2D eigenvalue weighted by atomic mass is 16.6. The van der Waals surface area contributed by atoms with Crippen LogP contribution in [0.5, 0.6) is 0 Å². The number of amides is 1. The molecule has 0 radical (unpaired) electrons. The van der Waals surface area contributed by atoms with E-state index >= 15 is 0 Å². The van der Waals surface area contributed by atoms with E-state index in [2.05, 4.69) is 6.58 Å². The van der Waals surface area contributed by atoms with E-state index in [0.29, 0.717) is 19.7 Å². The molecule has 1 rings (SSSR count). The molecule has 0 aliphatic carbocycles. The van der Waals surface area contributed by atoms with Crippen molar-refractivity contribution in [1.29, 1.82) is 0 Å². The van der Waals surface area contributed by atoms with E-state index in [1.807, 2.05) is 0 Å². The Bertz CT molecular complexity index is 207. The van der Waals surface area contributed by atoms with Crippen molar-refractivity contribution in [3.8, 4) is 0 Å². The lowest BCUT2D eigenvalue weighted by Gasteiger charge is -2.31. The Morgan fingerprint density at radius 3 is 3.21 bits per heavy atom. The standard InChI is InChI=1S/C9H15NO4/c1-2-4-14-9(12)10-3-5-13-8(6-10)7-11/h2,8,11H,1,3-7H2. The van der Waals surface area contributed by atoms with Gasteiger partial charge in [0.05, 0.1) is 25.9 Å². The summed E-state index contributed by atoms with van der Waals surface area (Å²) in [6.45, 7) is 4.91. The largest absolute Gasteiger partial charge is 0.445 e. The molecule has 1 unspecified atom stereocenters. The highest BCUT2D eigenvalue weighted by molar-refractivity contribution is 5.67. The maximum Gasteiger partial charge on any atom is 0.410 e. The zero-order valence-electron chi connectivity index (χ0n) is 8.02. The minimum absolute atomic E-state index is 0.0781. The van der Waals surface area contributed by atoms with Gasteiger partial charge in [0.2, 0.25) is 0 Å². The van der Waals surface area contributed by atoms with Crippen LogP contribution in [-0.2, 0) is 9.47 Å². The van der Waals surface area contributed by atoms with Crippen LogP contribution >= 0.6 is 0 Å². The van der Waals surface area contributed by atoms with E-state index in [1.165, 1.54) is 11.0 Å². The summed E-state index contributed by atoms with van der Waals surface area (Å²) in [5.74, 6) is 0. The lowest BCUT2D eigenvalue weighted by molar-refractivity contribution is -0.0487. The summed E-state index contributed by atoms with van der Waals surface area (Å²) < 4.78 is 10.0. The summed E-state index contributed by atoms with van der Waals surface area (Å²) in [7, 11) is 0. The van der Waals surface area contributed by atoms with Crippen LogP contribution in [0.3, 0.4) is 0 Å². The van der Waals surface area contributed by atoms with Gasteiger partial charge in [0.15, 0.2) is 0 Å². The molecule has 5 heteroatoms. The molecule has 5 nitrogen and oxygen atoms in total. The van der Waals surface area contributed by atoms with Gasteiger partial charge in [-0.25, -0.2) is 4.79 Å². The molecular weight excluding hydrogens is 186 g/mol. The number of morpholine rings is 1. The fraction of sp³-hybridized carbons (Fsp3) is 0.667. The molecule has 1 heterocycles. The van der Waals surface area contributed by atoms with E-state index in [9.17, 15) is 4.79 Å². The van der Waals surface area contributed by atoms with E-state index in [1.54, 1.807) is 0 Å². The molecule has 1 aliphatic heterocycles. The molecule has 80 valence electrons. The van der Waals surface area contributed by atoms with Crippen LogP contribution in [0.2, 0.25) is 0 Å². The second-order valence-electron chi connectivity index (χ2n) is 2.99. The van der Waals surface area contributed by atoms with Gasteiger partial charge in [0, 0.05) is 6.54 Å². The van der Waals surface area contributed by atoms with Crippen LogP contribution in [0.4, 0.5) is 4.79 Å². The third-order valence-electron chi connectivity index (χ3n) is 1.93. The van der Waals surface area contributed by atoms with Crippen LogP contribution in [0.15, 0.2) is 12.7 Å². The summed E-state index contributed by atoms with van der Waals surface area (Å²) in [6.07, 6.45) is 0.841. The number of rotatable bonds is 3. The van der Waals surface area contributed by atoms with E-state index in [4.69, 9.17) is 14.6 Å². The van der Waals surface area contributed by atoms with Crippen LogP contribution < -0.4 is 0 Å². The molecule has 1 amide bonds. The summed E-state index contributed by atoms with van der Waals surface area (Å²) in [5, 5.41) is 8.85. The summed E-state index contributed by atoms with van der Waals surface area (Å²) in [6, 6.07) is 0. The number of carbonyl (C=O) groups is 1. The molecule has 0 bridgehead atoms. The van der Waals surface area contributed by atoms with Crippen LogP contribution in [0.1, 0.15) is 0 Å². The first-order valence-electron chi connectivity index (χ1n) is 4.53. The van der Waals surface area contributed by atoms with E-state index in [0.717, 1.165) is 0 Å². The Morgan fingerprint density at radius 2 is 2.57 bits per heavy atom. The molecular formula is C9H15NO4. The summed E-state index contributed by atoms with van der Waals surface area (Å²) in [4.78, 5) is 12.9. The number of aliphatic hydroxyl groups excluding tert-OH is 1. The normalized spacial score (nSPS) is 21.8. The van der Waals surface area contributed by atoms with Crippen molar-refractivity contribution in [3.63, 3.8) is 0 Å². The van der Waals surface area contributed by atoms with Crippen LogP contribution in [0, 0.1) is 0 Å². The van der Waals surface area contributed by atoms with Gasteiger partial charge in [-0.1, -0.05) is 12.7 Å².